The fraction of sp³-hybridized carbons (Fsp3) is 0.500. The molecule has 1 aliphatic rings. The van der Waals surface area contributed by atoms with Gasteiger partial charge in [0.2, 0.25) is 0 Å². The third-order valence-electron chi connectivity index (χ3n) is 4.80. The van der Waals surface area contributed by atoms with Crippen LogP contribution in [-0.2, 0) is 12.0 Å². The zero-order valence-corrected chi connectivity index (χ0v) is 15.3. The molecule has 1 aromatic heterocycles. The van der Waals surface area contributed by atoms with Crippen molar-refractivity contribution in [2.45, 2.75) is 38.6 Å². The number of nitrogens with one attached hydrogen (secondary N) is 2. The molecular formula is C20H29N5. The summed E-state index contributed by atoms with van der Waals surface area (Å²) in [6.45, 7) is 7.84. The van der Waals surface area contributed by atoms with Crippen LogP contribution in [0.5, 0.6) is 0 Å². The molecule has 2 aromatic rings. The molecular weight excluding hydrogens is 310 g/mol. The van der Waals surface area contributed by atoms with Gasteiger partial charge in [-0.15, -0.1) is 0 Å². The van der Waals surface area contributed by atoms with Crippen molar-refractivity contribution >= 4 is 5.96 Å². The smallest absolute Gasteiger partial charge is 0.191 e. The predicted molar refractivity (Wildman–Crippen MR) is 103 cm³/mol. The van der Waals surface area contributed by atoms with E-state index in [1.54, 1.807) is 0 Å². The second kappa shape index (κ2) is 8.19. The maximum atomic E-state index is 4.87. The summed E-state index contributed by atoms with van der Waals surface area (Å²) in [4.78, 5) is 4.87. The van der Waals surface area contributed by atoms with Crippen molar-refractivity contribution in [1.29, 1.82) is 0 Å². The Morgan fingerprint density at radius 3 is 2.68 bits per heavy atom. The molecule has 0 spiro atoms. The number of guanidine groups is 1. The highest BCUT2D eigenvalue weighted by Crippen LogP contribution is 2.48. The number of aliphatic imine (C=N–C) groups is 1. The van der Waals surface area contributed by atoms with Crippen LogP contribution in [0.2, 0.25) is 0 Å². The molecule has 0 aliphatic heterocycles. The molecule has 1 saturated carbocycles. The van der Waals surface area contributed by atoms with Gasteiger partial charge in [-0.2, -0.15) is 5.10 Å². The van der Waals surface area contributed by atoms with Crippen LogP contribution < -0.4 is 10.6 Å². The van der Waals surface area contributed by atoms with E-state index in [1.165, 1.54) is 18.4 Å². The maximum Gasteiger partial charge on any atom is 0.191 e. The second-order valence-corrected chi connectivity index (χ2v) is 7.06. The van der Waals surface area contributed by atoms with Gasteiger partial charge in [0.25, 0.3) is 0 Å². The molecule has 134 valence electrons. The molecule has 1 fully saturated rings. The molecule has 0 radical (unpaired) electrons. The average molecular weight is 339 g/mol. The van der Waals surface area contributed by atoms with E-state index in [4.69, 9.17) is 4.99 Å². The van der Waals surface area contributed by atoms with Crippen LogP contribution in [0.25, 0.3) is 0 Å². The van der Waals surface area contributed by atoms with Gasteiger partial charge in [0.15, 0.2) is 5.96 Å². The van der Waals surface area contributed by atoms with Gasteiger partial charge < -0.3 is 10.6 Å². The highest BCUT2D eigenvalue weighted by molar-refractivity contribution is 5.79. The summed E-state index contributed by atoms with van der Waals surface area (Å²) < 4.78 is 1.98. The largest absolute Gasteiger partial charge is 0.357 e. The molecule has 0 saturated heterocycles. The van der Waals surface area contributed by atoms with E-state index < -0.39 is 0 Å². The molecule has 3 rings (SSSR count). The summed E-state index contributed by atoms with van der Waals surface area (Å²) in [5.41, 5.74) is 1.67. The third kappa shape index (κ3) is 4.84. The standard InChI is InChI=1S/C20H29N5/c1-3-21-19(22-14-17(2)15-25-13-7-12-24-25)23-16-20(10-11-20)18-8-5-4-6-9-18/h4-9,12-13,17H,3,10-11,14-16H2,1-2H3,(H2,21,22,23). The van der Waals surface area contributed by atoms with Gasteiger partial charge in [-0.05, 0) is 37.3 Å². The number of nitrogens with zero attached hydrogens (tertiary/aromatic N) is 3. The number of aromatic nitrogens is 2. The molecule has 2 N–H and O–H groups in total. The Balaban J connectivity index is 1.54. The van der Waals surface area contributed by atoms with E-state index >= 15 is 0 Å². The Labute approximate surface area is 150 Å². The summed E-state index contributed by atoms with van der Waals surface area (Å²) in [6, 6.07) is 12.8. The van der Waals surface area contributed by atoms with Gasteiger partial charge in [0.05, 0.1) is 6.54 Å². The van der Waals surface area contributed by atoms with E-state index in [1.807, 2.05) is 23.1 Å². The number of hydrogen-bond donors (Lipinski definition) is 2. The fourth-order valence-electron chi connectivity index (χ4n) is 3.12. The molecule has 5 heteroatoms. The van der Waals surface area contributed by atoms with Crippen molar-refractivity contribution in [3.8, 4) is 0 Å². The fourth-order valence-corrected chi connectivity index (χ4v) is 3.12. The first kappa shape index (κ1) is 17.5. The van der Waals surface area contributed by atoms with Gasteiger partial charge in [-0.3, -0.25) is 9.67 Å². The molecule has 5 nitrogen and oxygen atoms in total. The van der Waals surface area contributed by atoms with Crippen molar-refractivity contribution in [2.24, 2.45) is 10.9 Å². The van der Waals surface area contributed by atoms with E-state index in [9.17, 15) is 0 Å². The van der Waals surface area contributed by atoms with Crippen molar-refractivity contribution in [3.63, 3.8) is 0 Å². The summed E-state index contributed by atoms with van der Waals surface area (Å²) in [7, 11) is 0. The van der Waals surface area contributed by atoms with Crippen molar-refractivity contribution in [3.05, 3.63) is 54.4 Å². The van der Waals surface area contributed by atoms with Crippen LogP contribution in [-0.4, -0.2) is 35.4 Å². The van der Waals surface area contributed by atoms with Crippen LogP contribution in [0.1, 0.15) is 32.3 Å². The van der Waals surface area contributed by atoms with Gasteiger partial charge in [-0.1, -0.05) is 37.3 Å². The monoisotopic (exact) mass is 339 g/mol. The van der Waals surface area contributed by atoms with Crippen molar-refractivity contribution in [2.75, 3.05) is 19.6 Å². The Hall–Kier alpha value is -2.30. The molecule has 0 bridgehead atoms. The van der Waals surface area contributed by atoms with Crippen LogP contribution >= 0.6 is 0 Å². The van der Waals surface area contributed by atoms with E-state index in [0.717, 1.165) is 32.1 Å². The molecule has 1 unspecified atom stereocenters. The van der Waals surface area contributed by atoms with Crippen LogP contribution in [0, 0.1) is 5.92 Å². The first-order chi connectivity index (χ1) is 12.2. The lowest BCUT2D eigenvalue weighted by atomic mass is 9.96. The summed E-state index contributed by atoms with van der Waals surface area (Å²) >= 11 is 0. The zero-order chi connectivity index (χ0) is 17.5. The minimum atomic E-state index is 0.254. The summed E-state index contributed by atoms with van der Waals surface area (Å²) in [5.74, 6) is 1.39. The zero-order valence-electron chi connectivity index (χ0n) is 15.3. The number of hydrogen-bond acceptors (Lipinski definition) is 2. The first-order valence-corrected chi connectivity index (χ1v) is 9.27. The molecule has 1 aromatic carbocycles. The molecule has 1 atom stereocenters. The highest BCUT2D eigenvalue weighted by Gasteiger charge is 2.43. The van der Waals surface area contributed by atoms with Gasteiger partial charge in [0, 0.05) is 37.4 Å². The molecule has 1 aliphatic carbocycles. The normalized spacial score (nSPS) is 17.1. The predicted octanol–water partition coefficient (Wildman–Crippen LogP) is 2.81. The van der Waals surface area contributed by atoms with E-state index in [-0.39, 0.29) is 5.41 Å². The van der Waals surface area contributed by atoms with Gasteiger partial charge in [0.1, 0.15) is 0 Å². The lowest BCUT2D eigenvalue weighted by Crippen LogP contribution is -2.40. The number of benzene rings is 1. The van der Waals surface area contributed by atoms with Crippen LogP contribution in [0.4, 0.5) is 0 Å². The summed E-state index contributed by atoms with van der Waals surface area (Å²) in [6.07, 6.45) is 6.29. The first-order valence-electron chi connectivity index (χ1n) is 9.27. The minimum Gasteiger partial charge on any atom is -0.357 e. The van der Waals surface area contributed by atoms with E-state index in [0.29, 0.717) is 5.92 Å². The third-order valence-corrected chi connectivity index (χ3v) is 4.80. The Bertz CT molecular complexity index is 659. The summed E-state index contributed by atoms with van der Waals surface area (Å²) in [5, 5.41) is 11.1. The molecule has 1 heterocycles. The Kier molecular flexibility index (Phi) is 5.74. The quantitative estimate of drug-likeness (QED) is 0.574. The minimum absolute atomic E-state index is 0.254. The maximum absolute atomic E-state index is 4.87. The lowest BCUT2D eigenvalue weighted by molar-refractivity contribution is 0.443. The topological polar surface area (TPSA) is 54.2 Å². The van der Waals surface area contributed by atoms with E-state index in [2.05, 4.69) is 59.9 Å². The van der Waals surface area contributed by atoms with Gasteiger partial charge in [-0.25, -0.2) is 0 Å². The van der Waals surface area contributed by atoms with Crippen molar-refractivity contribution < 1.29 is 0 Å². The molecule has 0 amide bonds. The van der Waals surface area contributed by atoms with Crippen LogP contribution in [0.3, 0.4) is 0 Å². The SMILES string of the molecule is CCNC(=NCC1(c2ccccc2)CC1)NCC(C)Cn1cccn1. The number of rotatable bonds is 8. The second-order valence-electron chi connectivity index (χ2n) is 7.06. The Morgan fingerprint density at radius 2 is 2.04 bits per heavy atom. The molecule has 25 heavy (non-hydrogen) atoms. The van der Waals surface area contributed by atoms with Crippen LogP contribution in [0.15, 0.2) is 53.8 Å². The lowest BCUT2D eigenvalue weighted by Gasteiger charge is -2.18. The highest BCUT2D eigenvalue weighted by atomic mass is 15.3. The Morgan fingerprint density at radius 1 is 1.24 bits per heavy atom. The average Bonchev–Trinajstić information content (AvgIpc) is 3.26. The van der Waals surface area contributed by atoms with Crippen molar-refractivity contribution in [1.82, 2.24) is 20.4 Å². The van der Waals surface area contributed by atoms with Gasteiger partial charge >= 0.3 is 0 Å².